The van der Waals surface area contributed by atoms with Gasteiger partial charge in [-0.1, -0.05) is 17.7 Å². The molecule has 0 saturated carbocycles. The summed E-state index contributed by atoms with van der Waals surface area (Å²) >= 11 is 9.54. The molecule has 1 aliphatic carbocycles. The van der Waals surface area contributed by atoms with Crippen molar-refractivity contribution in [3.05, 3.63) is 62.6 Å². The summed E-state index contributed by atoms with van der Waals surface area (Å²) in [5, 5.41) is 13.2. The Balaban J connectivity index is 1.76. The number of nitriles is 1. The molecular formula is C16H12BrClN2. The third-order valence-corrected chi connectivity index (χ3v) is 4.45. The van der Waals surface area contributed by atoms with Gasteiger partial charge in [0.15, 0.2) is 0 Å². The maximum Gasteiger partial charge on any atom is 0.0992 e. The van der Waals surface area contributed by atoms with Crippen molar-refractivity contribution < 1.29 is 0 Å². The maximum atomic E-state index is 8.88. The predicted octanol–water partition coefficient (Wildman–Crippen LogP) is 4.55. The Hall–Kier alpha value is -1.50. The van der Waals surface area contributed by atoms with Crippen LogP contribution in [0.3, 0.4) is 0 Å². The van der Waals surface area contributed by atoms with Crippen molar-refractivity contribution in [1.29, 1.82) is 5.26 Å². The van der Waals surface area contributed by atoms with Crippen LogP contribution in [0.25, 0.3) is 0 Å². The van der Waals surface area contributed by atoms with Crippen LogP contribution < -0.4 is 5.32 Å². The number of rotatable bonds is 2. The van der Waals surface area contributed by atoms with Crippen LogP contribution in [0.1, 0.15) is 16.7 Å². The van der Waals surface area contributed by atoms with Crippen molar-refractivity contribution in [3.8, 4) is 6.07 Å². The molecule has 0 saturated heterocycles. The zero-order valence-corrected chi connectivity index (χ0v) is 13.0. The van der Waals surface area contributed by atoms with Crippen molar-refractivity contribution in [3.63, 3.8) is 0 Å². The molecule has 0 amide bonds. The first-order valence-corrected chi connectivity index (χ1v) is 7.56. The molecule has 0 radical (unpaired) electrons. The number of benzene rings is 2. The van der Waals surface area contributed by atoms with E-state index in [4.69, 9.17) is 16.9 Å². The fraction of sp³-hybridized carbons (Fsp3) is 0.188. The van der Waals surface area contributed by atoms with Gasteiger partial charge >= 0.3 is 0 Å². The van der Waals surface area contributed by atoms with Gasteiger partial charge in [0.1, 0.15) is 0 Å². The molecule has 0 fully saturated rings. The average molecular weight is 348 g/mol. The largest absolute Gasteiger partial charge is 0.381 e. The van der Waals surface area contributed by atoms with Gasteiger partial charge < -0.3 is 5.32 Å². The van der Waals surface area contributed by atoms with E-state index in [1.807, 2.05) is 30.3 Å². The Labute approximate surface area is 131 Å². The fourth-order valence-electron chi connectivity index (χ4n) is 2.61. The SMILES string of the molecule is N#Cc1ccc(NC2Cc3ccc(Cl)cc3C2)c(Br)c1. The molecule has 1 aliphatic rings. The van der Waals surface area contributed by atoms with Gasteiger partial charge in [-0.3, -0.25) is 0 Å². The van der Waals surface area contributed by atoms with Crippen molar-refractivity contribution in [2.24, 2.45) is 0 Å². The van der Waals surface area contributed by atoms with Crippen LogP contribution in [0, 0.1) is 11.3 Å². The lowest BCUT2D eigenvalue weighted by Crippen LogP contribution is -2.19. The zero-order chi connectivity index (χ0) is 14.1. The number of halogens is 2. The van der Waals surface area contributed by atoms with Gasteiger partial charge in [0.05, 0.1) is 11.6 Å². The van der Waals surface area contributed by atoms with Crippen LogP contribution >= 0.6 is 27.5 Å². The summed E-state index contributed by atoms with van der Waals surface area (Å²) in [5.41, 5.74) is 4.35. The third-order valence-electron chi connectivity index (χ3n) is 3.56. The molecule has 0 aliphatic heterocycles. The highest BCUT2D eigenvalue weighted by Crippen LogP contribution is 2.30. The highest BCUT2D eigenvalue weighted by molar-refractivity contribution is 9.10. The van der Waals surface area contributed by atoms with E-state index in [-0.39, 0.29) is 0 Å². The monoisotopic (exact) mass is 346 g/mol. The highest BCUT2D eigenvalue weighted by atomic mass is 79.9. The van der Waals surface area contributed by atoms with Gasteiger partial charge in [-0.2, -0.15) is 5.26 Å². The first-order chi connectivity index (χ1) is 9.65. The fourth-order valence-corrected chi connectivity index (χ4v) is 3.30. The Morgan fingerprint density at radius 2 is 1.95 bits per heavy atom. The van der Waals surface area contributed by atoms with Crippen LogP contribution in [0.15, 0.2) is 40.9 Å². The minimum Gasteiger partial charge on any atom is -0.381 e. The molecular weight excluding hydrogens is 336 g/mol. The lowest BCUT2D eigenvalue weighted by atomic mass is 10.1. The molecule has 4 heteroatoms. The lowest BCUT2D eigenvalue weighted by molar-refractivity contribution is 0.773. The van der Waals surface area contributed by atoms with Gasteiger partial charge in [0.2, 0.25) is 0 Å². The van der Waals surface area contributed by atoms with Crippen molar-refractivity contribution in [2.75, 3.05) is 5.32 Å². The average Bonchev–Trinajstić information content (AvgIpc) is 2.82. The van der Waals surface area contributed by atoms with E-state index < -0.39 is 0 Å². The second kappa shape index (κ2) is 5.47. The van der Waals surface area contributed by atoms with E-state index in [1.165, 1.54) is 11.1 Å². The predicted molar refractivity (Wildman–Crippen MR) is 85.1 cm³/mol. The van der Waals surface area contributed by atoms with E-state index in [0.717, 1.165) is 28.0 Å². The Morgan fingerprint density at radius 1 is 1.15 bits per heavy atom. The molecule has 1 atom stereocenters. The van der Waals surface area contributed by atoms with E-state index in [1.54, 1.807) is 0 Å². The third kappa shape index (κ3) is 2.67. The standard InChI is InChI=1S/C16H12BrClN2/c17-15-5-10(9-19)1-4-16(15)20-14-7-11-2-3-13(18)6-12(11)8-14/h1-6,14,20H,7-8H2. The first-order valence-electron chi connectivity index (χ1n) is 6.39. The van der Waals surface area contributed by atoms with E-state index >= 15 is 0 Å². The zero-order valence-electron chi connectivity index (χ0n) is 10.7. The van der Waals surface area contributed by atoms with Crippen LogP contribution in [-0.2, 0) is 12.8 Å². The van der Waals surface area contributed by atoms with Crippen molar-refractivity contribution >= 4 is 33.2 Å². The Kier molecular flexibility index (Phi) is 3.69. The molecule has 3 rings (SSSR count). The van der Waals surface area contributed by atoms with Crippen molar-refractivity contribution in [2.45, 2.75) is 18.9 Å². The molecule has 0 heterocycles. The number of fused-ring (bicyclic) bond motifs is 1. The summed E-state index contributed by atoms with van der Waals surface area (Å²) in [6, 6.07) is 14.2. The molecule has 2 aromatic carbocycles. The van der Waals surface area contributed by atoms with Crippen LogP contribution in [0.5, 0.6) is 0 Å². The smallest absolute Gasteiger partial charge is 0.0992 e. The number of anilines is 1. The molecule has 2 aromatic rings. The van der Waals surface area contributed by atoms with Gasteiger partial charge in [-0.05, 0) is 70.2 Å². The van der Waals surface area contributed by atoms with Crippen LogP contribution in [0.2, 0.25) is 5.02 Å². The van der Waals surface area contributed by atoms with Gasteiger partial charge in [0, 0.05) is 21.2 Å². The summed E-state index contributed by atoms with van der Waals surface area (Å²) in [6.45, 7) is 0. The highest BCUT2D eigenvalue weighted by Gasteiger charge is 2.21. The van der Waals surface area contributed by atoms with Gasteiger partial charge in [-0.15, -0.1) is 0 Å². The van der Waals surface area contributed by atoms with Crippen LogP contribution in [0.4, 0.5) is 5.69 Å². The quantitative estimate of drug-likeness (QED) is 0.865. The first kappa shape index (κ1) is 13.5. The number of nitrogens with one attached hydrogen (secondary N) is 1. The topological polar surface area (TPSA) is 35.8 Å². The molecule has 1 unspecified atom stereocenters. The summed E-state index contributed by atoms with van der Waals surface area (Å²) in [7, 11) is 0. The van der Waals surface area contributed by atoms with E-state index in [9.17, 15) is 0 Å². The summed E-state index contributed by atoms with van der Waals surface area (Å²) < 4.78 is 0.922. The van der Waals surface area contributed by atoms with E-state index in [0.29, 0.717) is 11.6 Å². The molecule has 2 nitrogen and oxygen atoms in total. The van der Waals surface area contributed by atoms with Gasteiger partial charge in [0.25, 0.3) is 0 Å². The summed E-state index contributed by atoms with van der Waals surface area (Å²) in [4.78, 5) is 0. The van der Waals surface area contributed by atoms with Crippen molar-refractivity contribution in [1.82, 2.24) is 0 Å². The van der Waals surface area contributed by atoms with Gasteiger partial charge in [-0.25, -0.2) is 0 Å². The minimum absolute atomic E-state index is 0.368. The number of hydrogen-bond acceptors (Lipinski definition) is 2. The Bertz CT molecular complexity index is 706. The lowest BCUT2D eigenvalue weighted by Gasteiger charge is -2.15. The minimum atomic E-state index is 0.368. The van der Waals surface area contributed by atoms with E-state index in [2.05, 4.69) is 33.4 Å². The normalized spacial score (nSPS) is 16.6. The molecule has 0 spiro atoms. The number of hydrogen-bond donors (Lipinski definition) is 1. The second-order valence-corrected chi connectivity index (χ2v) is 6.26. The summed E-state index contributed by atoms with van der Waals surface area (Å²) in [5.74, 6) is 0. The molecule has 1 N–H and O–H groups in total. The number of nitrogens with zero attached hydrogens (tertiary/aromatic N) is 1. The molecule has 0 aromatic heterocycles. The molecule has 20 heavy (non-hydrogen) atoms. The van der Waals surface area contributed by atoms with Crippen LogP contribution in [-0.4, -0.2) is 6.04 Å². The molecule has 0 bridgehead atoms. The summed E-state index contributed by atoms with van der Waals surface area (Å²) in [6.07, 6.45) is 1.97. The Morgan fingerprint density at radius 3 is 2.70 bits per heavy atom. The maximum absolute atomic E-state index is 8.88. The molecule has 100 valence electrons. The second-order valence-electron chi connectivity index (χ2n) is 4.97.